The van der Waals surface area contributed by atoms with Crippen molar-refractivity contribution in [1.82, 2.24) is 14.5 Å². The summed E-state index contributed by atoms with van der Waals surface area (Å²) < 4.78 is 26.9. The Bertz CT molecular complexity index is 420. The minimum Gasteiger partial charge on any atom is -0.317 e. The Morgan fingerprint density at radius 3 is 2.14 bits per heavy atom. The fourth-order valence-electron chi connectivity index (χ4n) is 3.97. The van der Waals surface area contributed by atoms with E-state index in [2.05, 4.69) is 10.2 Å². The molecular weight excluding hydrogens is 286 g/mol. The van der Waals surface area contributed by atoms with E-state index in [4.69, 9.17) is 0 Å². The number of nitrogens with zero attached hydrogens (tertiary/aromatic N) is 2. The molecule has 0 amide bonds. The third-order valence-electron chi connectivity index (χ3n) is 5.36. The number of hydrogen-bond donors (Lipinski definition) is 1. The van der Waals surface area contributed by atoms with Crippen molar-refractivity contribution in [3.63, 3.8) is 0 Å². The second-order valence-electron chi connectivity index (χ2n) is 6.84. The van der Waals surface area contributed by atoms with Crippen molar-refractivity contribution in [3.05, 3.63) is 0 Å². The minimum atomic E-state index is -3.02. The van der Waals surface area contributed by atoms with Crippen molar-refractivity contribution in [2.75, 3.05) is 45.8 Å². The average molecular weight is 315 g/mol. The third-order valence-corrected chi connectivity index (χ3v) is 7.75. The monoisotopic (exact) mass is 315 g/mol. The normalized spacial score (nSPS) is 28.2. The first kappa shape index (κ1) is 15.7. The molecule has 0 unspecified atom stereocenters. The van der Waals surface area contributed by atoms with Crippen LogP contribution in [0.5, 0.6) is 0 Å². The molecule has 0 spiro atoms. The topological polar surface area (TPSA) is 52.7 Å². The number of piperidine rings is 2. The Labute approximate surface area is 129 Å². The van der Waals surface area contributed by atoms with Gasteiger partial charge in [-0.15, -0.1) is 0 Å². The van der Waals surface area contributed by atoms with Gasteiger partial charge in [-0.3, -0.25) is 0 Å². The molecule has 3 aliphatic heterocycles. The Balaban J connectivity index is 1.48. The Hall–Kier alpha value is -0.170. The first-order valence-electron chi connectivity index (χ1n) is 8.58. The molecule has 21 heavy (non-hydrogen) atoms. The lowest BCUT2D eigenvalue weighted by molar-refractivity contribution is 0.177. The predicted molar refractivity (Wildman–Crippen MR) is 84.8 cm³/mol. The first-order valence-corrected chi connectivity index (χ1v) is 10.1. The van der Waals surface area contributed by atoms with Gasteiger partial charge in [0, 0.05) is 19.6 Å². The zero-order chi connectivity index (χ0) is 14.7. The molecule has 3 aliphatic rings. The van der Waals surface area contributed by atoms with Crippen molar-refractivity contribution in [2.24, 2.45) is 5.92 Å². The standard InChI is InChI=1S/C15H29N3O2S/c19-21(20,18-9-1-2-10-18)15-5-11-17(12-6-15)13-14-3-7-16-8-4-14/h14-16H,1-13H2. The number of sulfonamides is 1. The smallest absolute Gasteiger partial charge is 0.217 e. The highest BCUT2D eigenvalue weighted by molar-refractivity contribution is 7.89. The van der Waals surface area contributed by atoms with E-state index in [1.54, 1.807) is 4.31 Å². The molecule has 0 aromatic carbocycles. The fourth-order valence-corrected chi connectivity index (χ4v) is 5.97. The highest BCUT2D eigenvalue weighted by Crippen LogP contribution is 2.25. The highest BCUT2D eigenvalue weighted by atomic mass is 32.2. The molecular formula is C15H29N3O2S. The zero-order valence-corrected chi connectivity index (χ0v) is 13.8. The van der Waals surface area contributed by atoms with E-state index in [1.807, 2.05) is 0 Å². The quantitative estimate of drug-likeness (QED) is 0.837. The summed E-state index contributed by atoms with van der Waals surface area (Å²) in [5, 5.41) is 3.28. The van der Waals surface area contributed by atoms with Gasteiger partial charge in [-0.05, 0) is 70.6 Å². The Morgan fingerprint density at radius 1 is 0.905 bits per heavy atom. The number of nitrogens with one attached hydrogen (secondary N) is 1. The predicted octanol–water partition coefficient (Wildman–Crippen LogP) is 0.876. The molecule has 3 heterocycles. The van der Waals surface area contributed by atoms with Crippen LogP contribution < -0.4 is 5.32 Å². The highest BCUT2D eigenvalue weighted by Gasteiger charge is 2.36. The largest absolute Gasteiger partial charge is 0.317 e. The van der Waals surface area contributed by atoms with Gasteiger partial charge in [0.2, 0.25) is 10.0 Å². The van der Waals surface area contributed by atoms with Gasteiger partial charge < -0.3 is 10.2 Å². The summed E-state index contributed by atoms with van der Waals surface area (Å²) in [5.74, 6) is 0.804. The summed E-state index contributed by atoms with van der Waals surface area (Å²) in [4.78, 5) is 2.49. The lowest BCUT2D eigenvalue weighted by Crippen LogP contribution is -2.46. The van der Waals surface area contributed by atoms with Crippen LogP contribution in [0.25, 0.3) is 0 Å². The summed E-state index contributed by atoms with van der Waals surface area (Å²) in [6, 6.07) is 0. The molecule has 0 aliphatic carbocycles. The lowest BCUT2D eigenvalue weighted by atomic mass is 9.96. The van der Waals surface area contributed by atoms with Crippen LogP contribution in [0.3, 0.4) is 0 Å². The molecule has 3 fully saturated rings. The number of rotatable bonds is 4. The molecule has 122 valence electrons. The molecule has 3 saturated heterocycles. The van der Waals surface area contributed by atoms with Gasteiger partial charge in [-0.25, -0.2) is 12.7 Å². The lowest BCUT2D eigenvalue weighted by Gasteiger charge is -2.36. The van der Waals surface area contributed by atoms with E-state index < -0.39 is 10.0 Å². The van der Waals surface area contributed by atoms with E-state index in [0.717, 1.165) is 77.4 Å². The SMILES string of the molecule is O=S(=O)(C1CCN(CC2CCNCC2)CC1)N1CCCC1. The van der Waals surface area contributed by atoms with Crippen LogP contribution in [0.4, 0.5) is 0 Å². The van der Waals surface area contributed by atoms with Crippen LogP contribution in [0.15, 0.2) is 0 Å². The molecule has 3 rings (SSSR count). The zero-order valence-electron chi connectivity index (χ0n) is 13.0. The minimum absolute atomic E-state index is 0.125. The summed E-state index contributed by atoms with van der Waals surface area (Å²) in [7, 11) is -3.02. The van der Waals surface area contributed by atoms with E-state index >= 15 is 0 Å². The van der Waals surface area contributed by atoms with E-state index in [1.165, 1.54) is 12.8 Å². The number of hydrogen-bond acceptors (Lipinski definition) is 4. The third kappa shape index (κ3) is 3.78. The molecule has 1 N–H and O–H groups in total. The maximum atomic E-state index is 12.6. The van der Waals surface area contributed by atoms with Crippen molar-refractivity contribution < 1.29 is 8.42 Å². The second kappa shape index (κ2) is 6.94. The Kier molecular flexibility index (Phi) is 5.19. The number of likely N-dealkylation sites (tertiary alicyclic amines) is 1. The van der Waals surface area contributed by atoms with Gasteiger partial charge in [0.25, 0.3) is 0 Å². The van der Waals surface area contributed by atoms with Crippen LogP contribution in [0.2, 0.25) is 0 Å². The van der Waals surface area contributed by atoms with Crippen molar-refractivity contribution in [1.29, 1.82) is 0 Å². The van der Waals surface area contributed by atoms with Gasteiger partial charge in [0.1, 0.15) is 0 Å². The molecule has 6 heteroatoms. The van der Waals surface area contributed by atoms with Crippen LogP contribution in [0, 0.1) is 5.92 Å². The fraction of sp³-hybridized carbons (Fsp3) is 1.00. The Morgan fingerprint density at radius 2 is 1.52 bits per heavy atom. The average Bonchev–Trinajstić information content (AvgIpc) is 3.04. The summed E-state index contributed by atoms with van der Waals surface area (Å²) in [6.07, 6.45) is 6.26. The summed E-state index contributed by atoms with van der Waals surface area (Å²) >= 11 is 0. The molecule has 5 nitrogen and oxygen atoms in total. The molecule has 0 radical (unpaired) electrons. The summed E-state index contributed by atoms with van der Waals surface area (Å²) in [6.45, 7) is 6.87. The maximum absolute atomic E-state index is 12.6. The molecule has 0 bridgehead atoms. The van der Waals surface area contributed by atoms with Crippen molar-refractivity contribution >= 4 is 10.0 Å². The van der Waals surface area contributed by atoms with Gasteiger partial charge in [-0.2, -0.15) is 0 Å². The summed E-state index contributed by atoms with van der Waals surface area (Å²) in [5.41, 5.74) is 0. The van der Waals surface area contributed by atoms with E-state index in [-0.39, 0.29) is 5.25 Å². The van der Waals surface area contributed by atoms with Crippen LogP contribution in [0.1, 0.15) is 38.5 Å². The second-order valence-corrected chi connectivity index (χ2v) is 9.06. The molecule has 0 saturated carbocycles. The van der Waals surface area contributed by atoms with Gasteiger partial charge in [0.05, 0.1) is 5.25 Å². The molecule has 0 atom stereocenters. The van der Waals surface area contributed by atoms with Crippen molar-refractivity contribution in [2.45, 2.75) is 43.8 Å². The van der Waals surface area contributed by atoms with Crippen molar-refractivity contribution in [3.8, 4) is 0 Å². The van der Waals surface area contributed by atoms with Crippen LogP contribution >= 0.6 is 0 Å². The van der Waals surface area contributed by atoms with Gasteiger partial charge in [-0.1, -0.05) is 0 Å². The van der Waals surface area contributed by atoms with E-state index in [0.29, 0.717) is 0 Å². The van der Waals surface area contributed by atoms with E-state index in [9.17, 15) is 8.42 Å². The van der Waals surface area contributed by atoms with Gasteiger partial charge >= 0.3 is 0 Å². The van der Waals surface area contributed by atoms with Crippen LogP contribution in [-0.4, -0.2) is 68.7 Å². The maximum Gasteiger partial charge on any atom is 0.217 e. The van der Waals surface area contributed by atoms with Gasteiger partial charge in [0.15, 0.2) is 0 Å². The molecule has 0 aromatic rings. The first-order chi connectivity index (χ1) is 10.2. The van der Waals surface area contributed by atoms with Crippen LogP contribution in [-0.2, 0) is 10.0 Å². The molecule has 0 aromatic heterocycles.